The van der Waals surface area contributed by atoms with Crippen molar-refractivity contribution in [3.63, 3.8) is 0 Å². The minimum atomic E-state index is -10.7. The van der Waals surface area contributed by atoms with Crippen molar-refractivity contribution in [2.24, 2.45) is 0 Å². The minimum absolute atomic E-state index is 0.348. The summed E-state index contributed by atoms with van der Waals surface area (Å²) in [6.45, 7) is 0. The van der Waals surface area contributed by atoms with Gasteiger partial charge in [-0.1, -0.05) is 243 Å². The molecule has 0 N–H and O–H groups in total. The average Bonchev–Trinajstić information content (AvgIpc) is 3.34. The van der Waals surface area contributed by atoms with Crippen molar-refractivity contribution in [3.05, 3.63) is 243 Å². The second-order valence-corrected chi connectivity index (χ2v) is 25.5. The Labute approximate surface area is 398 Å². The maximum atomic E-state index is 9.87. The fourth-order valence-corrected chi connectivity index (χ4v) is 17.6. The molecule has 65 heavy (non-hydrogen) atoms. The number of rotatable bonds is 14. The van der Waals surface area contributed by atoms with E-state index in [0.717, 1.165) is 0 Å². The van der Waals surface area contributed by atoms with Gasteiger partial charge < -0.3 is 0 Å². The molecule has 0 spiro atoms. The van der Waals surface area contributed by atoms with Crippen LogP contribution in [0, 0.1) is 0 Å². The molecule has 0 unspecified atom stereocenters. The van der Waals surface area contributed by atoms with E-state index in [4.69, 9.17) is 0 Å². The van der Waals surface area contributed by atoms with Gasteiger partial charge >= 0.3 is 60.0 Å². The second-order valence-electron chi connectivity index (χ2n) is 14.2. The molecular weight excluding hydrogens is 1030 g/mol. The maximum absolute atomic E-state index is 10.7. The molecule has 0 aliphatic heterocycles. The van der Waals surface area contributed by atoms with Crippen LogP contribution in [0.2, 0.25) is 0 Å². The zero-order valence-corrected chi connectivity index (χ0v) is 42.1. The monoisotopic (exact) mass is 1080 g/mol. The fraction of sp³-hybridized carbons (Fsp3) is 0.0769. The maximum Gasteiger partial charge on any atom is -0.0195 e. The molecule has 0 heterocycles. The average molecular weight is 1080 g/mol. The molecule has 0 aliphatic rings. The molecule has 0 bridgehead atoms. The molecular formula is C52H48ClF6P5Ru. The Bertz CT molecular complexity index is 2010. The van der Waals surface area contributed by atoms with Gasteiger partial charge in [-0.15, -0.1) is 0 Å². The molecule has 0 nitrogen and oxygen atoms in total. The van der Waals surface area contributed by atoms with Gasteiger partial charge in [-0.05, 0) is 98.8 Å². The largest absolute Gasteiger partial charge is 0.0622 e. The summed E-state index contributed by atoms with van der Waals surface area (Å²) in [7, 11) is -7.48. The van der Waals surface area contributed by atoms with Gasteiger partial charge in [0.2, 0.25) is 0 Å². The third-order valence-corrected chi connectivity index (χ3v) is 20.4. The van der Waals surface area contributed by atoms with Gasteiger partial charge in [0.25, 0.3) is 0 Å². The first-order chi connectivity index (χ1) is 31.3. The molecule has 0 fully saturated rings. The Morgan fingerprint density at radius 3 is 0.431 bits per heavy atom. The van der Waals surface area contributed by atoms with Crippen molar-refractivity contribution in [2.45, 2.75) is 0 Å². The van der Waals surface area contributed by atoms with Crippen LogP contribution < -0.4 is 42.4 Å². The van der Waals surface area contributed by atoms with Crippen LogP contribution in [0.25, 0.3) is 0 Å². The van der Waals surface area contributed by atoms with E-state index in [1.165, 1.54) is 67.1 Å². The van der Waals surface area contributed by atoms with Gasteiger partial charge in [0.05, 0.1) is 0 Å². The first kappa shape index (κ1) is 52.4. The molecule has 0 saturated heterocycles. The molecule has 0 aliphatic carbocycles. The van der Waals surface area contributed by atoms with Crippen LogP contribution in [0.15, 0.2) is 243 Å². The van der Waals surface area contributed by atoms with Crippen LogP contribution >= 0.6 is 49.2 Å². The summed E-state index contributed by atoms with van der Waals surface area (Å²) in [4.78, 5) is 0. The van der Waals surface area contributed by atoms with Gasteiger partial charge in [0.1, 0.15) is 0 Å². The summed E-state index contributed by atoms with van der Waals surface area (Å²) >= 11 is 1.82. The molecule has 0 atom stereocenters. The number of halogens is 7. The fourth-order valence-electron chi connectivity index (χ4n) is 6.89. The zero-order valence-electron chi connectivity index (χ0n) is 35.2. The first-order valence-electron chi connectivity index (χ1n) is 20.5. The summed E-state index contributed by atoms with van der Waals surface area (Å²) in [5.41, 5.74) is 0. The van der Waals surface area contributed by atoms with E-state index in [-0.39, 0.29) is 31.7 Å². The normalized spacial score (nSPS) is 12.1. The Kier molecular flexibility index (Phi) is 20.6. The summed E-state index contributed by atoms with van der Waals surface area (Å²) in [5, 5.41) is 11.8. The number of benzene rings is 8. The summed E-state index contributed by atoms with van der Waals surface area (Å²) in [6.07, 6.45) is 4.83. The Hall–Kier alpha value is -3.60. The zero-order chi connectivity index (χ0) is 46.4. The summed E-state index contributed by atoms with van der Waals surface area (Å²) in [5.74, 6) is 0. The predicted octanol–water partition coefficient (Wildman–Crippen LogP) is 14.6. The van der Waals surface area contributed by atoms with Gasteiger partial charge in [-0.2, -0.15) is 0 Å². The quantitative estimate of drug-likeness (QED) is 0.0578. The van der Waals surface area contributed by atoms with Crippen LogP contribution in [0.3, 0.4) is 0 Å². The third-order valence-electron chi connectivity index (χ3n) is 9.64. The van der Waals surface area contributed by atoms with Crippen LogP contribution in [0.4, 0.5) is 25.2 Å². The SMILES string of the molecule is F[P-](F)(F)(F)(F)F.[Cl][Ru+].c1ccc(P(CCP(c2ccccc2)c2ccccc2)c2ccccc2)cc1.c1ccc(P(CCP(c2ccccc2)c2ccccc2)c2ccccc2)cc1. The van der Waals surface area contributed by atoms with Crippen molar-refractivity contribution in [1.82, 2.24) is 0 Å². The van der Waals surface area contributed by atoms with Crippen molar-refractivity contribution in [3.8, 4) is 0 Å². The third kappa shape index (κ3) is 19.6. The van der Waals surface area contributed by atoms with E-state index in [1.807, 2.05) is 17.3 Å². The summed E-state index contributed by atoms with van der Waals surface area (Å²) < 4.78 is 59.2. The van der Waals surface area contributed by atoms with E-state index < -0.39 is 7.81 Å². The first-order valence-corrected chi connectivity index (χ1v) is 30.9. The standard InChI is InChI=1S/2C26H24P2.ClH.F6P.Ru/c2*1-5-13-23(14-6-1)27(24-15-7-2-8-16-24)21-22-28(25-17-9-3-10-18-25)26-19-11-4-12-20-26;;1-7(2,3,4,5)6;/h2*1-20H,21-22H2;1H;;/q;;;-1;+2/p-1. The number of hydrogen-bond acceptors (Lipinski definition) is 0. The van der Waals surface area contributed by atoms with Crippen molar-refractivity contribution in [2.75, 3.05) is 24.6 Å². The Morgan fingerprint density at radius 1 is 0.246 bits per heavy atom. The second kappa shape index (κ2) is 25.5. The van der Waals surface area contributed by atoms with Crippen LogP contribution in [-0.4, -0.2) is 24.6 Å². The van der Waals surface area contributed by atoms with Crippen molar-refractivity contribution < 1.29 is 42.5 Å². The molecule has 13 heteroatoms. The van der Waals surface area contributed by atoms with Crippen LogP contribution in [0.1, 0.15) is 0 Å². The van der Waals surface area contributed by atoms with Gasteiger partial charge in [0, 0.05) is 0 Å². The molecule has 0 amide bonds. The van der Waals surface area contributed by atoms with Gasteiger partial charge in [0.15, 0.2) is 0 Å². The van der Waals surface area contributed by atoms with Crippen LogP contribution in [-0.2, 0) is 17.3 Å². The molecule has 0 radical (unpaired) electrons. The van der Waals surface area contributed by atoms with E-state index in [0.29, 0.717) is 0 Å². The predicted molar refractivity (Wildman–Crippen MR) is 275 cm³/mol. The van der Waals surface area contributed by atoms with Gasteiger partial charge in [-0.3, -0.25) is 0 Å². The smallest absolute Gasteiger partial charge is 0.0195 e. The molecule has 338 valence electrons. The molecule has 0 saturated carbocycles. The molecule has 8 aromatic carbocycles. The Balaban J connectivity index is 0.000000206. The minimum Gasteiger partial charge on any atom is -0.0622 e. The number of hydrogen-bond donors (Lipinski definition) is 0. The van der Waals surface area contributed by atoms with Crippen LogP contribution in [0.5, 0.6) is 0 Å². The topological polar surface area (TPSA) is 0 Å². The van der Waals surface area contributed by atoms with E-state index >= 15 is 0 Å². The molecule has 8 rings (SSSR count). The summed E-state index contributed by atoms with van der Waals surface area (Å²) in [6, 6.07) is 88.4. The van der Waals surface area contributed by atoms with E-state index in [9.17, 15) is 25.2 Å². The van der Waals surface area contributed by atoms with E-state index in [1.54, 1.807) is 0 Å². The molecule has 8 aromatic rings. The Morgan fingerprint density at radius 2 is 0.338 bits per heavy atom. The van der Waals surface area contributed by atoms with Crippen molar-refractivity contribution >= 4 is 91.6 Å². The molecule has 0 aromatic heterocycles. The van der Waals surface area contributed by atoms with Crippen molar-refractivity contribution in [1.29, 1.82) is 0 Å². The van der Waals surface area contributed by atoms with E-state index in [2.05, 4.69) is 252 Å². The van der Waals surface area contributed by atoms with Gasteiger partial charge in [-0.25, -0.2) is 0 Å².